The van der Waals surface area contributed by atoms with Crippen LogP contribution in [0.15, 0.2) is 0 Å². The molecule has 0 bridgehead atoms. The SMILES string of the molecule is N[C@H]1[C@@H](OC2[C@@H](CO)O[C@@H](OC3[C@@H](CO)O[C@@H](O)[C@H](N)[C@H]3O)[C@H](NS(=O)(=O)O)[C@H]2O)O[C@]2(CO)OS(=O)(=O)O[C@@]2(O)[C@@H]1O. The summed E-state index contributed by atoms with van der Waals surface area (Å²) < 4.78 is 94.1. The van der Waals surface area contributed by atoms with Gasteiger partial charge in [-0.1, -0.05) is 0 Å². The lowest BCUT2D eigenvalue weighted by Gasteiger charge is -2.51. The Hall–Kier alpha value is -0.860. The fourth-order valence-electron chi connectivity index (χ4n) is 5.04. The van der Waals surface area contributed by atoms with Crippen LogP contribution in [0.2, 0.25) is 0 Å². The number of aliphatic hydroxyl groups excluding tert-OH is 7. The van der Waals surface area contributed by atoms with Crippen LogP contribution in [0.25, 0.3) is 0 Å². The van der Waals surface area contributed by atoms with Crippen LogP contribution in [0.5, 0.6) is 0 Å². The van der Waals surface area contributed by atoms with Crippen molar-refractivity contribution in [1.82, 2.24) is 4.72 Å². The van der Waals surface area contributed by atoms with Gasteiger partial charge in [0.2, 0.25) is 0 Å². The fourth-order valence-corrected chi connectivity index (χ4v) is 6.75. The Kier molecular flexibility index (Phi) is 10.1. The first kappa shape index (κ1) is 35.0. The number of nitrogens with two attached hydrogens (primary N) is 2. The maximum absolute atomic E-state index is 11.9. The van der Waals surface area contributed by atoms with E-state index < -0.39 is 132 Å². The predicted molar refractivity (Wildman–Crippen MR) is 127 cm³/mol. The quantitative estimate of drug-likeness (QED) is 0.101. The molecule has 23 nitrogen and oxygen atoms in total. The third-order valence-electron chi connectivity index (χ3n) is 7.25. The minimum atomic E-state index is -5.19. The van der Waals surface area contributed by atoms with Gasteiger partial charge in [0.25, 0.3) is 11.6 Å². The highest BCUT2D eigenvalue weighted by Crippen LogP contribution is 2.47. The molecular formula is C18H33N3O20S2. The Bertz CT molecular complexity index is 1210. The van der Waals surface area contributed by atoms with Crippen molar-refractivity contribution in [2.75, 3.05) is 19.8 Å². The number of aliphatic hydroxyl groups is 8. The molecule has 25 heteroatoms. The lowest BCUT2D eigenvalue weighted by Crippen LogP contribution is -2.75. The second kappa shape index (κ2) is 12.4. The molecule has 0 aromatic carbocycles. The highest BCUT2D eigenvalue weighted by molar-refractivity contribution is 7.83. The number of ether oxygens (including phenoxy) is 5. The second-order valence-corrected chi connectivity index (χ2v) is 12.4. The third-order valence-corrected chi connectivity index (χ3v) is 8.75. The van der Waals surface area contributed by atoms with Gasteiger partial charge in [-0.15, -0.1) is 0 Å². The molecule has 0 spiro atoms. The largest absolute Gasteiger partial charge is 0.405 e. The molecule has 14 N–H and O–H groups in total. The van der Waals surface area contributed by atoms with Crippen LogP contribution in [0.4, 0.5) is 0 Å². The molecule has 4 fully saturated rings. The maximum Gasteiger partial charge on any atom is 0.405 e. The predicted octanol–water partition coefficient (Wildman–Crippen LogP) is -9.29. The summed E-state index contributed by atoms with van der Waals surface area (Å²) in [5.74, 6) is -6.34. The zero-order valence-corrected chi connectivity index (χ0v) is 23.2. The van der Waals surface area contributed by atoms with Gasteiger partial charge in [0.15, 0.2) is 18.9 Å². The Morgan fingerprint density at radius 1 is 0.860 bits per heavy atom. The molecular weight excluding hydrogens is 642 g/mol. The molecule has 43 heavy (non-hydrogen) atoms. The van der Waals surface area contributed by atoms with E-state index in [1.165, 1.54) is 0 Å². The molecule has 15 atom stereocenters. The zero-order chi connectivity index (χ0) is 32.3. The molecule has 0 aromatic heterocycles. The van der Waals surface area contributed by atoms with Crippen LogP contribution in [-0.2, 0) is 52.8 Å². The summed E-state index contributed by atoms with van der Waals surface area (Å²) >= 11 is 0. The van der Waals surface area contributed by atoms with Crippen LogP contribution < -0.4 is 16.2 Å². The van der Waals surface area contributed by atoms with Gasteiger partial charge in [0.05, 0.1) is 25.3 Å². The van der Waals surface area contributed by atoms with Crippen molar-refractivity contribution in [1.29, 1.82) is 0 Å². The molecule has 0 aliphatic carbocycles. The molecule has 4 saturated heterocycles. The molecule has 0 radical (unpaired) electrons. The van der Waals surface area contributed by atoms with Gasteiger partial charge in [0, 0.05) is 0 Å². The van der Waals surface area contributed by atoms with E-state index in [9.17, 15) is 62.2 Å². The number of nitrogens with one attached hydrogen (secondary N) is 1. The summed E-state index contributed by atoms with van der Waals surface area (Å²) in [6.07, 6.45) is -19.1. The lowest BCUT2D eigenvalue weighted by atomic mass is 9.90. The first-order chi connectivity index (χ1) is 19.8. The normalized spacial score (nSPS) is 50.3. The Balaban J connectivity index is 1.63. The van der Waals surface area contributed by atoms with Gasteiger partial charge >= 0.3 is 20.7 Å². The Labute approximate surface area is 242 Å². The number of hydrogen-bond donors (Lipinski definition) is 12. The number of fused-ring (bicyclic) bond motifs is 1. The highest BCUT2D eigenvalue weighted by Gasteiger charge is 2.74. The van der Waals surface area contributed by atoms with E-state index in [1.54, 1.807) is 4.72 Å². The minimum Gasteiger partial charge on any atom is -0.394 e. The second-order valence-electron chi connectivity index (χ2n) is 10.0. The minimum absolute atomic E-state index is 0.869. The molecule has 2 unspecified atom stereocenters. The van der Waals surface area contributed by atoms with Crippen molar-refractivity contribution in [2.24, 2.45) is 11.5 Å². The molecule has 252 valence electrons. The number of hydrogen-bond acceptors (Lipinski definition) is 21. The van der Waals surface area contributed by atoms with Crippen molar-refractivity contribution < 1.29 is 94.3 Å². The van der Waals surface area contributed by atoms with Crippen molar-refractivity contribution in [3.8, 4) is 0 Å². The molecule has 0 saturated carbocycles. The van der Waals surface area contributed by atoms with Gasteiger partial charge in [-0.3, -0.25) is 4.55 Å². The first-order valence-electron chi connectivity index (χ1n) is 12.3. The number of rotatable bonds is 9. The monoisotopic (exact) mass is 675 g/mol. The van der Waals surface area contributed by atoms with Crippen LogP contribution >= 0.6 is 0 Å². The van der Waals surface area contributed by atoms with Crippen molar-refractivity contribution >= 4 is 20.7 Å². The van der Waals surface area contributed by atoms with Gasteiger partial charge in [0.1, 0.15) is 55.4 Å². The molecule has 0 aromatic rings. The van der Waals surface area contributed by atoms with E-state index in [1.807, 2.05) is 0 Å². The molecule has 4 aliphatic rings. The van der Waals surface area contributed by atoms with Gasteiger partial charge in [-0.05, 0) is 0 Å². The van der Waals surface area contributed by atoms with Crippen LogP contribution in [0, 0.1) is 0 Å². The van der Waals surface area contributed by atoms with Crippen LogP contribution in [-0.4, -0.2) is 173 Å². The summed E-state index contributed by atoms with van der Waals surface area (Å²) in [5, 5.41) is 82.2. The summed E-state index contributed by atoms with van der Waals surface area (Å²) in [4.78, 5) is 0. The van der Waals surface area contributed by atoms with Crippen molar-refractivity contribution in [3.63, 3.8) is 0 Å². The van der Waals surface area contributed by atoms with E-state index in [4.69, 9.17) is 35.2 Å². The van der Waals surface area contributed by atoms with Crippen LogP contribution in [0.3, 0.4) is 0 Å². The van der Waals surface area contributed by atoms with E-state index in [-0.39, 0.29) is 0 Å². The maximum atomic E-state index is 11.9. The van der Waals surface area contributed by atoms with Crippen molar-refractivity contribution in [3.05, 3.63) is 0 Å². The average Bonchev–Trinajstić information content (AvgIpc) is 3.15. The van der Waals surface area contributed by atoms with E-state index >= 15 is 0 Å². The van der Waals surface area contributed by atoms with E-state index in [0.717, 1.165) is 0 Å². The molecule has 4 aliphatic heterocycles. The highest BCUT2D eigenvalue weighted by atomic mass is 32.3. The van der Waals surface area contributed by atoms with E-state index in [0.29, 0.717) is 0 Å². The Morgan fingerprint density at radius 3 is 1.98 bits per heavy atom. The van der Waals surface area contributed by atoms with E-state index in [2.05, 4.69) is 8.37 Å². The standard InChI is InChI=1S/C18H33N3O20S2/c19-6-9(25)11(4(1-22)35-14(6)28)38-16-8(21-42(30,31)32)10(26)12(5(2-23)36-16)37-15-7(20)13(27)18(29)17(3-24,39-15)40-43(33,34)41-18/h4-16,21-29H,1-3,19-20H2,(H,30,31,32)/t4-,5-,6-,7-,8-,9-,10-,11?,12?,13-,14-,15+,16+,17-,18+/m1/s1. The van der Waals surface area contributed by atoms with Gasteiger partial charge in [-0.25, -0.2) is 8.37 Å². The average molecular weight is 676 g/mol. The summed E-state index contributed by atoms with van der Waals surface area (Å²) in [7, 11) is -10.3. The summed E-state index contributed by atoms with van der Waals surface area (Å²) in [5.41, 5.74) is 11.5. The smallest absolute Gasteiger partial charge is 0.394 e. The summed E-state index contributed by atoms with van der Waals surface area (Å²) in [6, 6.07) is -5.52. The van der Waals surface area contributed by atoms with Gasteiger partial charge < -0.3 is 76.0 Å². The topological polar surface area (TPSA) is 379 Å². The molecule has 4 rings (SSSR count). The molecule has 4 heterocycles. The summed E-state index contributed by atoms with van der Waals surface area (Å²) in [6.45, 7) is -3.39. The zero-order valence-electron chi connectivity index (χ0n) is 21.6. The lowest BCUT2D eigenvalue weighted by molar-refractivity contribution is -0.434. The van der Waals surface area contributed by atoms with Gasteiger partial charge in [-0.2, -0.15) is 21.6 Å². The van der Waals surface area contributed by atoms with Crippen molar-refractivity contribution in [2.45, 2.75) is 91.3 Å². The third kappa shape index (κ3) is 6.41. The first-order valence-corrected chi connectivity index (χ1v) is 15.1. The fraction of sp³-hybridized carbons (Fsp3) is 1.00. The molecule has 0 amide bonds. The Morgan fingerprint density at radius 2 is 1.42 bits per heavy atom. The van der Waals surface area contributed by atoms with Crippen LogP contribution in [0.1, 0.15) is 0 Å².